The maximum Gasteiger partial charge on any atom is 0.266 e. The van der Waals surface area contributed by atoms with Crippen LogP contribution in [0.15, 0.2) is 81.5 Å². The zero-order chi connectivity index (χ0) is 22.6. The van der Waals surface area contributed by atoms with Gasteiger partial charge in [0, 0.05) is 5.92 Å². The molecule has 0 fully saturated rings. The Balaban J connectivity index is 2.08. The van der Waals surface area contributed by atoms with E-state index in [2.05, 4.69) is 33.3 Å². The molecule has 3 rings (SSSR count). The molecule has 1 heterocycles. The van der Waals surface area contributed by atoms with E-state index in [9.17, 15) is 17.2 Å². The summed E-state index contributed by atoms with van der Waals surface area (Å²) in [7, 11) is -3.94. The van der Waals surface area contributed by atoms with Crippen LogP contribution in [0.4, 0.5) is 14.5 Å². The van der Waals surface area contributed by atoms with E-state index in [-0.39, 0.29) is 34.8 Å². The number of hydrogen-bond acceptors (Lipinski definition) is 4. The summed E-state index contributed by atoms with van der Waals surface area (Å²) in [5.74, 6) is -1.56. The lowest BCUT2D eigenvalue weighted by atomic mass is 9.87. The Hall–Kier alpha value is -3.33. The fraction of sp³-hybridized carbons (Fsp3) is 0.182. The predicted molar refractivity (Wildman–Crippen MR) is 119 cm³/mol. The summed E-state index contributed by atoms with van der Waals surface area (Å²) in [6, 6.07) is 11.2. The summed E-state index contributed by atoms with van der Waals surface area (Å²) in [5.41, 5.74) is 1.29. The number of hydrogen-bond donors (Lipinski definition) is 2. The summed E-state index contributed by atoms with van der Waals surface area (Å²) in [5, 5.41) is 2.97. The molecule has 0 spiro atoms. The molecule has 2 N–H and O–H groups in total. The van der Waals surface area contributed by atoms with E-state index in [0.717, 1.165) is 6.08 Å². The Morgan fingerprint density at radius 2 is 1.90 bits per heavy atom. The second-order valence-electron chi connectivity index (χ2n) is 6.75. The van der Waals surface area contributed by atoms with Crippen molar-refractivity contribution in [2.24, 2.45) is 9.98 Å². The van der Waals surface area contributed by atoms with Gasteiger partial charge in [0.15, 0.2) is 0 Å². The molecule has 0 bridgehead atoms. The number of anilines is 1. The number of nitrogens with zero attached hydrogens (tertiary/aromatic N) is 2. The average Bonchev–Trinajstić information content (AvgIpc) is 2.75. The van der Waals surface area contributed by atoms with Crippen LogP contribution < -0.4 is 10.0 Å². The minimum Gasteiger partial charge on any atom is -0.324 e. The summed E-state index contributed by atoms with van der Waals surface area (Å²) in [6.07, 6.45) is 1.51. The molecular weight excluding hydrogens is 422 g/mol. The second-order valence-corrected chi connectivity index (χ2v) is 8.41. The highest BCUT2D eigenvalue weighted by Crippen LogP contribution is 2.38. The van der Waals surface area contributed by atoms with Crippen molar-refractivity contribution in [3.8, 4) is 0 Å². The van der Waals surface area contributed by atoms with Gasteiger partial charge in [0.2, 0.25) is 5.96 Å². The minimum atomic E-state index is -3.94. The van der Waals surface area contributed by atoms with Gasteiger partial charge in [-0.05, 0) is 42.5 Å². The van der Waals surface area contributed by atoms with Gasteiger partial charge in [0.25, 0.3) is 10.0 Å². The summed E-state index contributed by atoms with van der Waals surface area (Å²) in [4.78, 5) is 7.68. The molecule has 2 aromatic rings. The van der Waals surface area contributed by atoms with E-state index in [1.807, 2.05) is 6.92 Å². The predicted octanol–water partition coefficient (Wildman–Crippen LogP) is 4.50. The van der Waals surface area contributed by atoms with Gasteiger partial charge in [0.1, 0.15) is 16.5 Å². The molecule has 6 nitrogen and oxygen atoms in total. The smallest absolute Gasteiger partial charge is 0.266 e. The number of rotatable bonds is 7. The lowest BCUT2D eigenvalue weighted by Gasteiger charge is -2.27. The van der Waals surface area contributed by atoms with Crippen LogP contribution in [0.5, 0.6) is 0 Å². The molecule has 1 atom stereocenters. The second kappa shape index (κ2) is 9.22. The van der Waals surface area contributed by atoms with Gasteiger partial charge in [0.05, 0.1) is 17.9 Å². The lowest BCUT2D eigenvalue weighted by Crippen LogP contribution is -2.41. The molecule has 0 aromatic heterocycles. The van der Waals surface area contributed by atoms with Crippen molar-refractivity contribution < 1.29 is 17.2 Å². The molecule has 0 amide bonds. The molecule has 0 saturated heterocycles. The highest BCUT2D eigenvalue weighted by molar-refractivity contribution is 7.90. The van der Waals surface area contributed by atoms with Crippen LogP contribution in [0.2, 0.25) is 0 Å². The lowest BCUT2D eigenvalue weighted by molar-refractivity contribution is 0.589. The van der Waals surface area contributed by atoms with Crippen molar-refractivity contribution in [2.75, 3.05) is 11.9 Å². The highest BCUT2D eigenvalue weighted by Gasteiger charge is 2.31. The van der Waals surface area contributed by atoms with Gasteiger partial charge in [-0.2, -0.15) is 0 Å². The van der Waals surface area contributed by atoms with Crippen LogP contribution in [-0.4, -0.2) is 27.6 Å². The normalized spacial score (nSPS) is 17.6. The first kappa shape index (κ1) is 22.4. The third-order valence-corrected chi connectivity index (χ3v) is 6.30. The standard InChI is InChI=1S/C22H22F2N4O2S/c1-4-14(15-9-6-7-11-18(15)24)16-10-8-12-20-21(16)27-22(28-31(20,29)30)26-13-19(25-3)17(23)5-2/h5-12,14H,2-4,13H2,1H3,(H2,26,27,28)/b19-17+/t14-/m0/s1. The molecule has 2 aromatic carbocycles. The van der Waals surface area contributed by atoms with Crippen molar-refractivity contribution in [2.45, 2.75) is 24.2 Å². The van der Waals surface area contributed by atoms with Crippen molar-refractivity contribution in [1.82, 2.24) is 4.72 Å². The van der Waals surface area contributed by atoms with Crippen molar-refractivity contribution in [3.63, 3.8) is 0 Å². The van der Waals surface area contributed by atoms with Crippen LogP contribution in [0.1, 0.15) is 30.4 Å². The van der Waals surface area contributed by atoms with E-state index < -0.39 is 15.9 Å². The molecule has 1 aliphatic heterocycles. The number of guanidine groups is 1. The molecule has 31 heavy (non-hydrogen) atoms. The first-order valence-electron chi connectivity index (χ1n) is 9.51. The maximum absolute atomic E-state index is 14.5. The first-order chi connectivity index (χ1) is 14.8. The molecule has 1 aliphatic rings. The quantitative estimate of drug-likeness (QED) is 0.487. The van der Waals surface area contributed by atoms with Gasteiger partial charge in [-0.25, -0.2) is 26.9 Å². The number of halogens is 2. The molecule has 9 heteroatoms. The van der Waals surface area contributed by atoms with Crippen molar-refractivity contribution in [3.05, 3.63) is 83.6 Å². The zero-order valence-electron chi connectivity index (χ0n) is 16.9. The van der Waals surface area contributed by atoms with E-state index in [1.165, 1.54) is 12.1 Å². The van der Waals surface area contributed by atoms with Crippen LogP contribution in [0, 0.1) is 5.82 Å². The maximum atomic E-state index is 14.5. The van der Waals surface area contributed by atoms with Gasteiger partial charge < -0.3 is 5.32 Å². The number of fused-ring (bicyclic) bond motifs is 1. The summed E-state index contributed by atoms with van der Waals surface area (Å²) >= 11 is 0. The molecule has 0 unspecified atom stereocenters. The van der Waals surface area contributed by atoms with Crippen LogP contribution >= 0.6 is 0 Å². The molecule has 0 radical (unpaired) electrons. The Kier molecular flexibility index (Phi) is 6.65. The van der Waals surface area contributed by atoms with Crippen molar-refractivity contribution >= 4 is 28.4 Å². The molecule has 162 valence electrons. The van der Waals surface area contributed by atoms with Crippen LogP contribution in [-0.2, 0) is 10.0 Å². The van der Waals surface area contributed by atoms with Gasteiger partial charge in [-0.1, -0.05) is 43.8 Å². The van der Waals surface area contributed by atoms with Gasteiger partial charge in [-0.15, -0.1) is 0 Å². The number of allylic oxidation sites excluding steroid dienone is 2. The number of aliphatic imine (C=N–C) groups is 2. The van der Waals surface area contributed by atoms with E-state index >= 15 is 0 Å². The van der Waals surface area contributed by atoms with Crippen LogP contribution in [0.25, 0.3) is 0 Å². The first-order valence-corrected chi connectivity index (χ1v) is 11.0. The Bertz CT molecular complexity index is 1190. The van der Waals surface area contributed by atoms with Crippen LogP contribution in [0.3, 0.4) is 0 Å². The Labute approximate surface area is 180 Å². The Morgan fingerprint density at radius 1 is 1.19 bits per heavy atom. The minimum absolute atomic E-state index is 0.0219. The van der Waals surface area contributed by atoms with E-state index in [1.54, 1.807) is 30.3 Å². The zero-order valence-corrected chi connectivity index (χ0v) is 17.7. The third-order valence-electron chi connectivity index (χ3n) is 4.92. The number of benzene rings is 2. The van der Waals surface area contributed by atoms with Gasteiger partial charge >= 0.3 is 0 Å². The largest absolute Gasteiger partial charge is 0.324 e. The highest BCUT2D eigenvalue weighted by atomic mass is 32.2. The van der Waals surface area contributed by atoms with E-state index in [4.69, 9.17) is 0 Å². The molecule has 0 aliphatic carbocycles. The fourth-order valence-corrected chi connectivity index (χ4v) is 4.61. The number of nitrogens with one attached hydrogen (secondary N) is 2. The van der Waals surface area contributed by atoms with Gasteiger partial charge in [-0.3, -0.25) is 4.99 Å². The summed E-state index contributed by atoms with van der Waals surface area (Å²) < 4.78 is 56.2. The summed E-state index contributed by atoms with van der Waals surface area (Å²) in [6.45, 7) is 8.25. The topological polar surface area (TPSA) is 82.9 Å². The van der Waals surface area contributed by atoms with E-state index in [0.29, 0.717) is 23.2 Å². The third kappa shape index (κ3) is 4.56. The van der Waals surface area contributed by atoms with Crippen molar-refractivity contribution in [1.29, 1.82) is 0 Å². The monoisotopic (exact) mass is 444 g/mol. The Morgan fingerprint density at radius 3 is 2.55 bits per heavy atom. The number of sulfonamides is 1. The molecular formula is C22H22F2N4O2S. The molecule has 0 saturated carbocycles. The number of para-hydroxylation sites is 1. The fourth-order valence-electron chi connectivity index (χ4n) is 3.43. The average molecular weight is 445 g/mol. The SMILES string of the molecule is C=C/C(F)=C(/CN=C1Nc2c([C@@H](CC)c3ccccc3F)cccc2S(=O)(=O)N1)N=C.